The summed E-state index contributed by atoms with van der Waals surface area (Å²) in [6, 6.07) is 15.6. The van der Waals surface area contributed by atoms with Crippen molar-refractivity contribution >= 4 is 17.6 Å². The number of nitrogens with zero attached hydrogens (tertiary/aromatic N) is 1. The average Bonchev–Trinajstić information content (AvgIpc) is 2.72. The van der Waals surface area contributed by atoms with Gasteiger partial charge >= 0.3 is 11.9 Å². The van der Waals surface area contributed by atoms with Gasteiger partial charge in [0.15, 0.2) is 0 Å². The Hall–Kier alpha value is -3.12. The molecule has 140 valence electrons. The lowest BCUT2D eigenvalue weighted by Crippen LogP contribution is -2.39. The predicted molar refractivity (Wildman–Crippen MR) is 101 cm³/mol. The summed E-state index contributed by atoms with van der Waals surface area (Å²) in [6.07, 6.45) is 0. The van der Waals surface area contributed by atoms with Gasteiger partial charge < -0.3 is 19.1 Å². The number of rotatable bonds is 4. The van der Waals surface area contributed by atoms with Crippen molar-refractivity contribution in [2.24, 2.45) is 0 Å². The smallest absolute Gasteiger partial charge is 0.355 e. The topological polar surface area (TPSA) is 65.1 Å². The van der Waals surface area contributed by atoms with E-state index in [9.17, 15) is 9.59 Å². The van der Waals surface area contributed by atoms with Gasteiger partial charge in [-0.15, -0.1) is 0 Å². The highest BCUT2D eigenvalue weighted by Crippen LogP contribution is 2.36. The van der Waals surface area contributed by atoms with Crippen molar-refractivity contribution in [3.05, 3.63) is 65.4 Å². The van der Waals surface area contributed by atoms with Crippen LogP contribution >= 0.6 is 0 Å². The van der Waals surface area contributed by atoms with Crippen LogP contribution in [0.15, 0.2) is 59.8 Å². The minimum Gasteiger partial charge on any atom is -0.466 e. The van der Waals surface area contributed by atoms with Gasteiger partial charge in [0, 0.05) is 5.56 Å². The van der Waals surface area contributed by atoms with Gasteiger partial charge in [0.2, 0.25) is 0 Å². The third-order valence-electron chi connectivity index (χ3n) is 4.46. The van der Waals surface area contributed by atoms with Gasteiger partial charge in [0.1, 0.15) is 12.4 Å². The molecule has 1 heterocycles. The molecule has 0 radical (unpaired) electrons. The summed E-state index contributed by atoms with van der Waals surface area (Å²) < 4.78 is 15.3. The van der Waals surface area contributed by atoms with Crippen molar-refractivity contribution in [2.45, 2.75) is 6.92 Å². The van der Waals surface area contributed by atoms with Crippen molar-refractivity contribution < 1.29 is 23.8 Å². The number of hydrogen-bond donors (Lipinski definition) is 0. The highest BCUT2D eigenvalue weighted by atomic mass is 16.5. The maximum Gasteiger partial charge on any atom is 0.355 e. The van der Waals surface area contributed by atoms with Crippen molar-refractivity contribution in [3.8, 4) is 11.1 Å². The Morgan fingerprint density at radius 1 is 0.926 bits per heavy atom. The van der Waals surface area contributed by atoms with Crippen LogP contribution in [-0.2, 0) is 23.8 Å². The van der Waals surface area contributed by atoms with Gasteiger partial charge in [-0.1, -0.05) is 42.5 Å². The molecule has 0 saturated heterocycles. The van der Waals surface area contributed by atoms with E-state index in [2.05, 4.69) is 0 Å². The third-order valence-corrected chi connectivity index (χ3v) is 4.46. The number of aryl methyl sites for hydroxylation is 1. The second-order valence-electron chi connectivity index (χ2n) is 6.05. The second-order valence-corrected chi connectivity index (χ2v) is 6.05. The maximum atomic E-state index is 12.5. The van der Waals surface area contributed by atoms with E-state index in [-0.39, 0.29) is 24.6 Å². The zero-order valence-electron chi connectivity index (χ0n) is 15.5. The molecule has 0 spiro atoms. The van der Waals surface area contributed by atoms with Crippen molar-refractivity contribution in [1.29, 1.82) is 0 Å². The molecule has 0 saturated carbocycles. The highest BCUT2D eigenvalue weighted by Gasteiger charge is 2.33. The number of esters is 2. The Kier molecular flexibility index (Phi) is 5.57. The molecular weight excluding hydrogens is 346 g/mol. The summed E-state index contributed by atoms with van der Waals surface area (Å²) in [6.45, 7) is 2.13. The summed E-state index contributed by atoms with van der Waals surface area (Å²) in [5.74, 6) is -1.23. The zero-order chi connectivity index (χ0) is 19.4. The van der Waals surface area contributed by atoms with Crippen LogP contribution in [0.25, 0.3) is 11.1 Å². The molecule has 0 N–H and O–H groups in total. The number of anilines is 1. The molecule has 0 aromatic heterocycles. The Bertz CT molecular complexity index is 903. The van der Waals surface area contributed by atoms with E-state index >= 15 is 0 Å². The molecule has 6 heteroatoms. The number of carbonyl (C=O) groups excluding carboxylic acids is 2. The standard InChI is InChI=1S/C21H21NO5/c1-14-8-4-5-9-15(14)16-10-6-7-11-18(16)22-13-27-12-17(20(23)25-2)19(22)21(24)26-3/h4-11H,12-13H2,1-3H3. The van der Waals surface area contributed by atoms with Gasteiger partial charge in [-0.2, -0.15) is 0 Å². The van der Waals surface area contributed by atoms with Crippen LogP contribution in [0.2, 0.25) is 0 Å². The minimum atomic E-state index is -0.617. The van der Waals surface area contributed by atoms with Crippen molar-refractivity contribution in [3.63, 3.8) is 0 Å². The Balaban J connectivity index is 2.20. The first-order chi connectivity index (χ1) is 13.1. The molecule has 0 amide bonds. The summed E-state index contributed by atoms with van der Waals surface area (Å²) in [7, 11) is 2.55. The molecule has 0 fully saturated rings. The minimum absolute atomic E-state index is 0.0138. The molecule has 6 nitrogen and oxygen atoms in total. The third kappa shape index (κ3) is 3.57. The average molecular weight is 367 g/mol. The summed E-state index contributed by atoms with van der Waals surface area (Å²) in [5, 5.41) is 0. The first kappa shape index (κ1) is 18.7. The van der Waals surface area contributed by atoms with Gasteiger partial charge in [-0.05, 0) is 24.1 Å². The van der Waals surface area contributed by atoms with E-state index in [1.54, 1.807) is 4.90 Å². The first-order valence-electron chi connectivity index (χ1n) is 8.48. The number of methoxy groups -OCH3 is 2. The van der Waals surface area contributed by atoms with Crippen LogP contribution in [0.4, 0.5) is 5.69 Å². The monoisotopic (exact) mass is 367 g/mol. The van der Waals surface area contributed by atoms with Crippen molar-refractivity contribution in [2.75, 3.05) is 32.5 Å². The van der Waals surface area contributed by atoms with E-state index in [1.807, 2.05) is 55.5 Å². The lowest BCUT2D eigenvalue weighted by molar-refractivity contribution is -0.140. The molecule has 0 aliphatic carbocycles. The van der Waals surface area contributed by atoms with Crippen LogP contribution in [0.1, 0.15) is 5.56 Å². The number of benzene rings is 2. The zero-order valence-corrected chi connectivity index (χ0v) is 15.5. The summed E-state index contributed by atoms with van der Waals surface area (Å²) >= 11 is 0. The summed E-state index contributed by atoms with van der Waals surface area (Å²) in [5.41, 5.74) is 4.06. The Morgan fingerprint density at radius 2 is 1.56 bits per heavy atom. The lowest BCUT2D eigenvalue weighted by atomic mass is 9.98. The van der Waals surface area contributed by atoms with E-state index < -0.39 is 11.9 Å². The van der Waals surface area contributed by atoms with Gasteiger partial charge in [0.05, 0.1) is 32.1 Å². The fourth-order valence-electron chi connectivity index (χ4n) is 3.15. The molecule has 2 aromatic carbocycles. The number of hydrogen-bond acceptors (Lipinski definition) is 6. The number of carbonyl (C=O) groups is 2. The van der Waals surface area contributed by atoms with Crippen molar-refractivity contribution in [1.82, 2.24) is 0 Å². The second kappa shape index (κ2) is 8.05. The molecule has 1 aliphatic rings. The molecule has 3 rings (SSSR count). The summed E-state index contributed by atoms with van der Waals surface area (Å²) in [4.78, 5) is 26.4. The maximum absolute atomic E-state index is 12.5. The van der Waals surface area contributed by atoms with Crippen LogP contribution in [0, 0.1) is 6.92 Å². The quantitative estimate of drug-likeness (QED) is 0.774. The van der Waals surface area contributed by atoms with E-state index in [1.165, 1.54) is 14.2 Å². The molecular formula is C21H21NO5. The van der Waals surface area contributed by atoms with Gasteiger partial charge in [-0.3, -0.25) is 0 Å². The molecule has 0 unspecified atom stereocenters. The lowest BCUT2D eigenvalue weighted by Gasteiger charge is -2.32. The molecule has 27 heavy (non-hydrogen) atoms. The number of ether oxygens (including phenoxy) is 3. The Labute approximate surface area is 158 Å². The fraction of sp³-hybridized carbons (Fsp3) is 0.238. The molecule has 1 aliphatic heterocycles. The SMILES string of the molecule is COC(=O)C1=C(C(=O)OC)N(c2ccccc2-c2ccccc2C)COC1. The van der Waals surface area contributed by atoms with E-state index in [0.717, 1.165) is 22.4 Å². The molecule has 0 atom stereocenters. The van der Waals surface area contributed by atoms with E-state index in [4.69, 9.17) is 14.2 Å². The molecule has 0 bridgehead atoms. The highest BCUT2D eigenvalue weighted by molar-refractivity contribution is 6.04. The van der Waals surface area contributed by atoms with E-state index in [0.29, 0.717) is 0 Å². The van der Waals surface area contributed by atoms with Crippen LogP contribution in [0.3, 0.4) is 0 Å². The largest absolute Gasteiger partial charge is 0.466 e. The number of para-hydroxylation sites is 1. The van der Waals surface area contributed by atoms with Crippen LogP contribution < -0.4 is 4.90 Å². The molecule has 2 aromatic rings. The predicted octanol–water partition coefficient (Wildman–Crippen LogP) is 3.06. The van der Waals surface area contributed by atoms with Crippen LogP contribution in [-0.4, -0.2) is 39.5 Å². The first-order valence-corrected chi connectivity index (χ1v) is 8.48. The fourth-order valence-corrected chi connectivity index (χ4v) is 3.15. The van der Waals surface area contributed by atoms with Gasteiger partial charge in [0.25, 0.3) is 0 Å². The van der Waals surface area contributed by atoms with Crippen LogP contribution in [0.5, 0.6) is 0 Å². The normalized spacial score (nSPS) is 14.1. The Morgan fingerprint density at radius 3 is 2.22 bits per heavy atom. The van der Waals surface area contributed by atoms with Gasteiger partial charge in [-0.25, -0.2) is 9.59 Å².